The van der Waals surface area contributed by atoms with Gasteiger partial charge < -0.3 is 15.8 Å². The normalized spacial score (nSPS) is 14.8. The minimum absolute atomic E-state index is 0.164. The zero-order valence-electron chi connectivity index (χ0n) is 16.4. The number of halogens is 1. The second-order valence-electron chi connectivity index (χ2n) is 6.61. The maximum absolute atomic E-state index is 12.3. The molecule has 0 aliphatic carbocycles. The summed E-state index contributed by atoms with van der Waals surface area (Å²) < 4.78 is 5.52. The molecule has 0 atom stereocenters. The summed E-state index contributed by atoms with van der Waals surface area (Å²) in [6, 6.07) is 11.9. The van der Waals surface area contributed by atoms with Crippen LogP contribution in [0.5, 0.6) is 5.75 Å². The standard InChI is InChI=1S/C21H18ClN3O5S/c1-12-5-6-14(9-16(12)22)24-19(27)11-30-15-4-2-3-13(7-15)8-17-20(28)25(10-18(23)26)21(29)31-17/h2-9H,10-11H2,1H3,(H2,23,26)(H,24,27)/b17-8-. The highest BCUT2D eigenvalue weighted by Gasteiger charge is 2.35. The van der Waals surface area contributed by atoms with Crippen molar-refractivity contribution in [2.24, 2.45) is 5.73 Å². The molecule has 0 radical (unpaired) electrons. The average Bonchev–Trinajstić information content (AvgIpc) is 2.96. The molecular formula is C21H18ClN3O5S. The number of thioether (sulfide) groups is 1. The number of ether oxygens (including phenoxy) is 1. The topological polar surface area (TPSA) is 119 Å². The van der Waals surface area contributed by atoms with Crippen LogP contribution in [0.3, 0.4) is 0 Å². The van der Waals surface area contributed by atoms with Gasteiger partial charge in [0, 0.05) is 10.7 Å². The average molecular weight is 460 g/mol. The van der Waals surface area contributed by atoms with Crippen molar-refractivity contribution >= 4 is 58.1 Å². The Labute approximate surface area is 187 Å². The Morgan fingerprint density at radius 3 is 2.71 bits per heavy atom. The van der Waals surface area contributed by atoms with Gasteiger partial charge in [-0.05, 0) is 60.2 Å². The fraction of sp³-hybridized carbons (Fsp3) is 0.143. The lowest BCUT2D eigenvalue weighted by Crippen LogP contribution is -2.36. The predicted octanol–water partition coefficient (Wildman–Crippen LogP) is 3.19. The van der Waals surface area contributed by atoms with Gasteiger partial charge in [0.15, 0.2) is 6.61 Å². The van der Waals surface area contributed by atoms with Crippen molar-refractivity contribution in [3.05, 3.63) is 63.5 Å². The molecule has 1 aliphatic heterocycles. The number of benzene rings is 2. The van der Waals surface area contributed by atoms with Crippen molar-refractivity contribution in [1.29, 1.82) is 0 Å². The third-order valence-electron chi connectivity index (χ3n) is 4.17. The maximum Gasteiger partial charge on any atom is 0.294 e. The van der Waals surface area contributed by atoms with Crippen molar-refractivity contribution in [2.75, 3.05) is 18.5 Å². The highest BCUT2D eigenvalue weighted by Crippen LogP contribution is 2.32. The summed E-state index contributed by atoms with van der Waals surface area (Å²) in [5.41, 5.74) is 7.12. The molecule has 2 aromatic rings. The first kappa shape index (κ1) is 22.4. The van der Waals surface area contributed by atoms with E-state index in [2.05, 4.69) is 5.32 Å². The highest BCUT2D eigenvalue weighted by atomic mass is 35.5. The Kier molecular flexibility index (Phi) is 6.98. The molecule has 0 saturated carbocycles. The number of nitrogens with two attached hydrogens (primary N) is 1. The van der Waals surface area contributed by atoms with Crippen LogP contribution in [-0.2, 0) is 14.4 Å². The van der Waals surface area contributed by atoms with Crippen molar-refractivity contribution in [1.82, 2.24) is 4.90 Å². The van der Waals surface area contributed by atoms with E-state index in [4.69, 9.17) is 22.1 Å². The second kappa shape index (κ2) is 9.67. The minimum Gasteiger partial charge on any atom is -0.484 e. The molecule has 160 valence electrons. The molecule has 0 bridgehead atoms. The number of hydrogen-bond donors (Lipinski definition) is 2. The summed E-state index contributed by atoms with van der Waals surface area (Å²) in [6.45, 7) is 1.17. The number of amides is 4. The number of nitrogens with one attached hydrogen (secondary N) is 1. The molecule has 1 saturated heterocycles. The summed E-state index contributed by atoms with van der Waals surface area (Å²) in [5, 5.41) is 2.68. The highest BCUT2D eigenvalue weighted by molar-refractivity contribution is 8.18. The van der Waals surface area contributed by atoms with E-state index in [1.807, 2.05) is 6.92 Å². The van der Waals surface area contributed by atoms with E-state index in [0.717, 1.165) is 22.2 Å². The molecular weight excluding hydrogens is 442 g/mol. The molecule has 3 rings (SSSR count). The fourth-order valence-corrected chi connectivity index (χ4v) is 3.67. The Balaban J connectivity index is 1.62. The van der Waals surface area contributed by atoms with Gasteiger partial charge in [0.2, 0.25) is 5.91 Å². The van der Waals surface area contributed by atoms with Crippen LogP contribution in [-0.4, -0.2) is 41.0 Å². The van der Waals surface area contributed by atoms with Gasteiger partial charge in [-0.3, -0.25) is 24.1 Å². The van der Waals surface area contributed by atoms with E-state index < -0.39 is 23.6 Å². The molecule has 3 N–H and O–H groups in total. The van der Waals surface area contributed by atoms with E-state index >= 15 is 0 Å². The van der Waals surface area contributed by atoms with Gasteiger partial charge in [0.25, 0.3) is 17.1 Å². The van der Waals surface area contributed by atoms with Crippen LogP contribution < -0.4 is 15.8 Å². The Hall–Kier alpha value is -3.30. The lowest BCUT2D eigenvalue weighted by atomic mass is 10.2. The summed E-state index contributed by atoms with van der Waals surface area (Å²) in [6.07, 6.45) is 1.51. The van der Waals surface area contributed by atoms with Crippen LogP contribution in [0, 0.1) is 6.92 Å². The zero-order valence-corrected chi connectivity index (χ0v) is 18.0. The third-order valence-corrected chi connectivity index (χ3v) is 5.48. The second-order valence-corrected chi connectivity index (χ2v) is 8.01. The molecule has 1 heterocycles. The molecule has 10 heteroatoms. The monoisotopic (exact) mass is 459 g/mol. The van der Waals surface area contributed by atoms with Gasteiger partial charge in [-0.1, -0.05) is 29.8 Å². The number of carbonyl (C=O) groups excluding carboxylic acids is 4. The number of carbonyl (C=O) groups is 4. The molecule has 1 aliphatic rings. The van der Waals surface area contributed by atoms with Crippen molar-refractivity contribution in [3.63, 3.8) is 0 Å². The Bertz CT molecular complexity index is 1100. The van der Waals surface area contributed by atoms with Gasteiger partial charge in [0.1, 0.15) is 12.3 Å². The van der Waals surface area contributed by atoms with Crippen molar-refractivity contribution in [3.8, 4) is 5.75 Å². The van der Waals surface area contributed by atoms with E-state index in [1.165, 1.54) is 6.08 Å². The van der Waals surface area contributed by atoms with E-state index in [9.17, 15) is 19.2 Å². The number of anilines is 1. The van der Waals surface area contributed by atoms with Gasteiger partial charge in [-0.2, -0.15) is 0 Å². The molecule has 31 heavy (non-hydrogen) atoms. The Morgan fingerprint density at radius 2 is 2.00 bits per heavy atom. The van der Waals surface area contributed by atoms with Crippen LogP contribution in [0.1, 0.15) is 11.1 Å². The summed E-state index contributed by atoms with van der Waals surface area (Å²) in [4.78, 5) is 48.3. The number of hydrogen-bond acceptors (Lipinski definition) is 6. The largest absolute Gasteiger partial charge is 0.484 e. The number of nitrogens with zero attached hydrogens (tertiary/aromatic N) is 1. The van der Waals surface area contributed by atoms with Crippen LogP contribution in [0.4, 0.5) is 10.5 Å². The van der Waals surface area contributed by atoms with Crippen molar-refractivity contribution < 1.29 is 23.9 Å². The lowest BCUT2D eigenvalue weighted by molar-refractivity contribution is -0.127. The minimum atomic E-state index is -0.773. The van der Waals surface area contributed by atoms with Crippen LogP contribution in [0.25, 0.3) is 6.08 Å². The van der Waals surface area contributed by atoms with Crippen LogP contribution in [0.15, 0.2) is 47.4 Å². The number of rotatable bonds is 7. The molecule has 0 aromatic heterocycles. The third kappa shape index (κ3) is 5.87. The summed E-state index contributed by atoms with van der Waals surface area (Å²) in [7, 11) is 0. The zero-order chi connectivity index (χ0) is 22.5. The van der Waals surface area contributed by atoms with Crippen LogP contribution >= 0.6 is 23.4 Å². The maximum atomic E-state index is 12.3. The molecule has 0 spiro atoms. The van der Waals surface area contributed by atoms with Crippen LogP contribution in [0.2, 0.25) is 5.02 Å². The number of aryl methyl sites for hydroxylation is 1. The molecule has 0 unspecified atom stereocenters. The summed E-state index contributed by atoms with van der Waals surface area (Å²) in [5.74, 6) is -1.32. The smallest absolute Gasteiger partial charge is 0.294 e. The van der Waals surface area contributed by atoms with E-state index in [-0.39, 0.29) is 17.4 Å². The van der Waals surface area contributed by atoms with E-state index in [0.29, 0.717) is 22.0 Å². The van der Waals surface area contributed by atoms with Gasteiger partial charge in [0.05, 0.1) is 4.91 Å². The molecule has 8 nitrogen and oxygen atoms in total. The van der Waals surface area contributed by atoms with E-state index in [1.54, 1.807) is 42.5 Å². The first-order chi connectivity index (χ1) is 14.7. The SMILES string of the molecule is Cc1ccc(NC(=O)COc2cccc(/C=C3\SC(=O)N(CC(N)=O)C3=O)c2)cc1Cl. The van der Waals surface area contributed by atoms with Gasteiger partial charge >= 0.3 is 0 Å². The Morgan fingerprint density at radius 1 is 1.23 bits per heavy atom. The first-order valence-electron chi connectivity index (χ1n) is 9.05. The molecule has 2 aromatic carbocycles. The predicted molar refractivity (Wildman–Crippen MR) is 119 cm³/mol. The van der Waals surface area contributed by atoms with Gasteiger partial charge in [-0.15, -0.1) is 0 Å². The lowest BCUT2D eigenvalue weighted by Gasteiger charge is -2.09. The quantitative estimate of drug-likeness (QED) is 0.614. The number of primary amides is 1. The summed E-state index contributed by atoms with van der Waals surface area (Å²) >= 11 is 6.77. The fourth-order valence-electron chi connectivity index (χ4n) is 2.65. The molecule has 4 amide bonds. The van der Waals surface area contributed by atoms with Gasteiger partial charge in [-0.25, -0.2) is 0 Å². The van der Waals surface area contributed by atoms with Crippen molar-refractivity contribution in [2.45, 2.75) is 6.92 Å². The number of imide groups is 1. The first-order valence-corrected chi connectivity index (χ1v) is 10.2. The molecule has 1 fully saturated rings.